The standard InChI is InChI=1S/C7H6BrIOS/c1-10-7-5(9)2-4(8)3-6(7)11/h2-3,11H,1H3. The van der Waals surface area contributed by atoms with Gasteiger partial charge in [-0.05, 0) is 34.7 Å². The molecule has 0 aliphatic heterocycles. The monoisotopic (exact) mass is 344 g/mol. The minimum atomic E-state index is 0.831. The van der Waals surface area contributed by atoms with E-state index < -0.39 is 0 Å². The van der Waals surface area contributed by atoms with Gasteiger partial charge in [0.05, 0.1) is 10.7 Å². The minimum absolute atomic E-state index is 0.831. The molecule has 0 radical (unpaired) electrons. The summed E-state index contributed by atoms with van der Waals surface area (Å²) in [5.41, 5.74) is 0. The zero-order valence-corrected chi connectivity index (χ0v) is 10.4. The lowest BCUT2D eigenvalue weighted by molar-refractivity contribution is 0.402. The molecule has 1 aromatic carbocycles. The second-order valence-corrected chi connectivity index (χ2v) is 4.50. The molecule has 0 aromatic heterocycles. The molecule has 1 nitrogen and oxygen atoms in total. The van der Waals surface area contributed by atoms with Crippen molar-refractivity contribution < 1.29 is 4.74 Å². The number of benzene rings is 1. The Hall–Kier alpha value is 0.580. The number of ether oxygens (including phenoxy) is 1. The molecule has 60 valence electrons. The molecule has 1 rings (SSSR count). The van der Waals surface area contributed by atoms with E-state index in [-0.39, 0.29) is 0 Å². The van der Waals surface area contributed by atoms with Crippen molar-refractivity contribution in [2.45, 2.75) is 4.90 Å². The first-order chi connectivity index (χ1) is 5.15. The van der Waals surface area contributed by atoms with Crippen LogP contribution < -0.4 is 4.74 Å². The predicted octanol–water partition coefficient (Wildman–Crippen LogP) is 3.35. The van der Waals surface area contributed by atoms with Crippen molar-refractivity contribution >= 4 is 51.1 Å². The Balaban J connectivity index is 3.25. The van der Waals surface area contributed by atoms with Gasteiger partial charge >= 0.3 is 0 Å². The van der Waals surface area contributed by atoms with Gasteiger partial charge in [-0.15, -0.1) is 12.6 Å². The van der Waals surface area contributed by atoms with Gasteiger partial charge in [0.1, 0.15) is 5.75 Å². The molecular weight excluding hydrogens is 339 g/mol. The van der Waals surface area contributed by atoms with Crippen LogP contribution in [0.4, 0.5) is 0 Å². The van der Waals surface area contributed by atoms with Crippen LogP contribution in [0, 0.1) is 3.57 Å². The zero-order chi connectivity index (χ0) is 8.43. The van der Waals surface area contributed by atoms with Crippen LogP contribution in [0.2, 0.25) is 0 Å². The summed E-state index contributed by atoms with van der Waals surface area (Å²) < 4.78 is 7.21. The van der Waals surface area contributed by atoms with Crippen LogP contribution in [0.3, 0.4) is 0 Å². The van der Waals surface area contributed by atoms with Crippen LogP contribution in [0.15, 0.2) is 21.5 Å². The molecule has 0 spiro atoms. The Labute approximate surface area is 93.2 Å². The number of rotatable bonds is 1. The lowest BCUT2D eigenvalue weighted by atomic mass is 10.3. The van der Waals surface area contributed by atoms with E-state index in [1.165, 1.54) is 0 Å². The third kappa shape index (κ3) is 2.26. The number of methoxy groups -OCH3 is 1. The highest BCUT2D eigenvalue weighted by atomic mass is 127. The molecule has 0 aliphatic carbocycles. The Bertz CT molecular complexity index is 254. The molecule has 0 atom stereocenters. The first kappa shape index (κ1) is 9.67. The number of halogens is 2. The molecule has 1 aromatic rings. The largest absolute Gasteiger partial charge is 0.494 e. The van der Waals surface area contributed by atoms with E-state index in [1.807, 2.05) is 12.1 Å². The first-order valence-electron chi connectivity index (χ1n) is 2.87. The second kappa shape index (κ2) is 4.00. The summed E-state index contributed by atoms with van der Waals surface area (Å²) >= 11 is 9.83. The molecule has 0 unspecified atom stereocenters. The van der Waals surface area contributed by atoms with Gasteiger partial charge in [-0.3, -0.25) is 0 Å². The Kier molecular flexibility index (Phi) is 3.52. The third-order valence-electron chi connectivity index (χ3n) is 1.19. The van der Waals surface area contributed by atoms with Crippen molar-refractivity contribution in [1.82, 2.24) is 0 Å². The van der Waals surface area contributed by atoms with Crippen LogP contribution in [-0.2, 0) is 0 Å². The highest BCUT2D eigenvalue weighted by Gasteiger charge is 2.04. The SMILES string of the molecule is COc1c(S)cc(Br)cc1I. The molecule has 0 aliphatic rings. The predicted molar refractivity (Wildman–Crippen MR) is 60.7 cm³/mol. The van der Waals surface area contributed by atoms with Gasteiger partial charge in [-0.25, -0.2) is 0 Å². The van der Waals surface area contributed by atoms with E-state index in [4.69, 9.17) is 4.74 Å². The van der Waals surface area contributed by atoms with E-state index in [0.717, 1.165) is 18.7 Å². The van der Waals surface area contributed by atoms with Gasteiger partial charge in [0, 0.05) is 9.37 Å². The van der Waals surface area contributed by atoms with Crippen molar-refractivity contribution in [3.63, 3.8) is 0 Å². The van der Waals surface area contributed by atoms with Crippen molar-refractivity contribution in [1.29, 1.82) is 0 Å². The fourth-order valence-corrected chi connectivity index (χ4v) is 3.22. The molecule has 0 saturated carbocycles. The number of thiol groups is 1. The molecule has 0 amide bonds. The fourth-order valence-electron chi connectivity index (χ4n) is 0.749. The first-order valence-corrected chi connectivity index (χ1v) is 5.19. The van der Waals surface area contributed by atoms with Gasteiger partial charge < -0.3 is 4.74 Å². The topological polar surface area (TPSA) is 9.23 Å². The second-order valence-electron chi connectivity index (χ2n) is 1.94. The lowest BCUT2D eigenvalue weighted by Gasteiger charge is -2.06. The molecule has 11 heavy (non-hydrogen) atoms. The lowest BCUT2D eigenvalue weighted by Crippen LogP contribution is -1.88. The summed E-state index contributed by atoms with van der Waals surface area (Å²) in [4.78, 5) is 0.853. The van der Waals surface area contributed by atoms with Crippen LogP contribution in [-0.4, -0.2) is 7.11 Å². The molecule has 0 bridgehead atoms. The highest BCUT2D eigenvalue weighted by Crippen LogP contribution is 2.31. The summed E-state index contributed by atoms with van der Waals surface area (Å²) in [5, 5.41) is 0. The quantitative estimate of drug-likeness (QED) is 0.607. The van der Waals surface area contributed by atoms with E-state index >= 15 is 0 Å². The molecule has 0 N–H and O–H groups in total. The highest BCUT2D eigenvalue weighted by molar-refractivity contribution is 14.1. The molecule has 4 heteroatoms. The zero-order valence-electron chi connectivity index (χ0n) is 5.77. The third-order valence-corrected chi connectivity index (χ3v) is 2.78. The van der Waals surface area contributed by atoms with Gasteiger partial charge in [-0.1, -0.05) is 15.9 Å². The number of hydrogen-bond donors (Lipinski definition) is 1. The van der Waals surface area contributed by atoms with E-state index in [0.29, 0.717) is 0 Å². The minimum Gasteiger partial charge on any atom is -0.494 e. The summed E-state index contributed by atoms with van der Waals surface area (Å²) in [7, 11) is 1.64. The fraction of sp³-hybridized carbons (Fsp3) is 0.143. The maximum absolute atomic E-state index is 5.13. The van der Waals surface area contributed by atoms with Crippen LogP contribution >= 0.6 is 51.1 Å². The Morgan fingerprint density at radius 1 is 1.55 bits per heavy atom. The van der Waals surface area contributed by atoms with Crippen LogP contribution in [0.25, 0.3) is 0 Å². The molecule has 0 fully saturated rings. The van der Waals surface area contributed by atoms with Crippen LogP contribution in [0.1, 0.15) is 0 Å². The van der Waals surface area contributed by atoms with Crippen LogP contribution in [0.5, 0.6) is 5.75 Å². The van der Waals surface area contributed by atoms with Crippen molar-refractivity contribution in [3.05, 3.63) is 20.2 Å². The summed E-state index contributed by atoms with van der Waals surface area (Å²) in [6.07, 6.45) is 0. The Morgan fingerprint density at radius 3 is 2.64 bits per heavy atom. The van der Waals surface area contributed by atoms with Crippen molar-refractivity contribution in [3.8, 4) is 5.75 Å². The average Bonchev–Trinajstić information content (AvgIpc) is 1.85. The Morgan fingerprint density at radius 2 is 2.18 bits per heavy atom. The van der Waals surface area contributed by atoms with E-state index in [1.54, 1.807) is 7.11 Å². The van der Waals surface area contributed by atoms with E-state index in [2.05, 4.69) is 51.1 Å². The van der Waals surface area contributed by atoms with E-state index in [9.17, 15) is 0 Å². The van der Waals surface area contributed by atoms with Crippen molar-refractivity contribution in [2.24, 2.45) is 0 Å². The van der Waals surface area contributed by atoms with Gasteiger partial charge in [-0.2, -0.15) is 0 Å². The summed E-state index contributed by atoms with van der Waals surface area (Å²) in [6, 6.07) is 3.89. The number of hydrogen-bond acceptors (Lipinski definition) is 2. The summed E-state index contributed by atoms with van der Waals surface area (Å²) in [6.45, 7) is 0. The van der Waals surface area contributed by atoms with Gasteiger partial charge in [0.2, 0.25) is 0 Å². The molecule has 0 heterocycles. The summed E-state index contributed by atoms with van der Waals surface area (Å²) in [5.74, 6) is 0.831. The van der Waals surface area contributed by atoms with Gasteiger partial charge in [0.25, 0.3) is 0 Å². The van der Waals surface area contributed by atoms with Gasteiger partial charge in [0.15, 0.2) is 0 Å². The smallest absolute Gasteiger partial charge is 0.145 e. The maximum Gasteiger partial charge on any atom is 0.145 e. The normalized spacial score (nSPS) is 9.82. The average molecular weight is 345 g/mol. The molecule has 0 saturated heterocycles. The molecular formula is C7H6BrIOS. The maximum atomic E-state index is 5.13. The van der Waals surface area contributed by atoms with Crippen molar-refractivity contribution in [2.75, 3.05) is 7.11 Å².